The van der Waals surface area contributed by atoms with Gasteiger partial charge in [0.2, 0.25) is 11.0 Å². The lowest BCUT2D eigenvalue weighted by atomic mass is 10.1. The van der Waals surface area contributed by atoms with E-state index in [1.807, 2.05) is 0 Å². The summed E-state index contributed by atoms with van der Waals surface area (Å²) in [6.45, 7) is 3.28. The van der Waals surface area contributed by atoms with Crippen LogP contribution in [0.3, 0.4) is 0 Å². The molecule has 0 atom stereocenters. The highest BCUT2D eigenvalue weighted by Crippen LogP contribution is 2.25. The first-order valence-electron chi connectivity index (χ1n) is 10.7. The smallest absolute Gasteiger partial charge is 0.273 e. The van der Waals surface area contributed by atoms with Gasteiger partial charge in [-0.1, -0.05) is 46.8 Å². The molecule has 2 N–H and O–H groups in total. The van der Waals surface area contributed by atoms with Crippen LogP contribution in [0.1, 0.15) is 26.8 Å². The SMILES string of the molecule is Cc1nnc(NC(=O)CSc2nnc(CNC(=O)c3cccc([N+](=O)[O-])c3C)n2-c2cccc(Cl)c2)s1. The molecule has 2 aromatic heterocycles. The summed E-state index contributed by atoms with van der Waals surface area (Å²) in [4.78, 5) is 35.9. The third-order valence-corrected chi connectivity index (χ3v) is 6.94. The number of amides is 2. The molecule has 0 saturated heterocycles. The molecule has 37 heavy (non-hydrogen) atoms. The van der Waals surface area contributed by atoms with E-state index in [1.165, 1.54) is 36.5 Å². The summed E-state index contributed by atoms with van der Waals surface area (Å²) in [6.07, 6.45) is 0. The lowest BCUT2D eigenvalue weighted by Crippen LogP contribution is -2.25. The molecular formula is C22H19ClN8O4S2. The molecule has 0 bridgehead atoms. The Morgan fingerprint density at radius 1 is 1.14 bits per heavy atom. The summed E-state index contributed by atoms with van der Waals surface area (Å²) in [5.41, 5.74) is 0.932. The zero-order valence-corrected chi connectivity index (χ0v) is 21.9. The van der Waals surface area contributed by atoms with Gasteiger partial charge >= 0.3 is 0 Å². The van der Waals surface area contributed by atoms with Crippen LogP contribution in [0, 0.1) is 24.0 Å². The van der Waals surface area contributed by atoms with Gasteiger partial charge in [-0.2, -0.15) is 0 Å². The second-order valence-corrected chi connectivity index (χ2v) is 10.1. The number of anilines is 1. The number of nitro benzene ring substituents is 1. The van der Waals surface area contributed by atoms with Gasteiger partial charge in [-0.15, -0.1) is 20.4 Å². The monoisotopic (exact) mass is 558 g/mol. The number of halogens is 1. The maximum Gasteiger partial charge on any atom is 0.273 e. The number of nitro groups is 1. The lowest BCUT2D eigenvalue weighted by Gasteiger charge is -2.12. The van der Waals surface area contributed by atoms with Crippen LogP contribution in [0.2, 0.25) is 5.02 Å². The Kier molecular flexibility index (Phi) is 8.11. The van der Waals surface area contributed by atoms with Gasteiger partial charge in [0.1, 0.15) is 5.01 Å². The second-order valence-electron chi connectivity index (χ2n) is 7.57. The van der Waals surface area contributed by atoms with Gasteiger partial charge in [0.25, 0.3) is 11.6 Å². The molecule has 15 heteroatoms. The molecule has 12 nitrogen and oxygen atoms in total. The van der Waals surface area contributed by atoms with Crippen molar-refractivity contribution in [3.8, 4) is 5.69 Å². The number of benzene rings is 2. The van der Waals surface area contributed by atoms with Crippen molar-refractivity contribution < 1.29 is 14.5 Å². The summed E-state index contributed by atoms with van der Waals surface area (Å²) in [5, 5.41) is 34.8. The van der Waals surface area contributed by atoms with Gasteiger partial charge in [0.15, 0.2) is 11.0 Å². The molecule has 0 aliphatic heterocycles. The van der Waals surface area contributed by atoms with E-state index >= 15 is 0 Å². The van der Waals surface area contributed by atoms with Crippen molar-refractivity contribution >= 4 is 57.3 Å². The van der Waals surface area contributed by atoms with Gasteiger partial charge in [0, 0.05) is 22.2 Å². The molecule has 0 aliphatic carbocycles. The van der Waals surface area contributed by atoms with Gasteiger partial charge < -0.3 is 5.32 Å². The summed E-state index contributed by atoms with van der Waals surface area (Å²) in [7, 11) is 0. The largest absolute Gasteiger partial charge is 0.345 e. The third-order valence-electron chi connectivity index (χ3n) is 5.03. The number of aromatic nitrogens is 5. The van der Waals surface area contributed by atoms with E-state index in [0.29, 0.717) is 26.8 Å². The maximum absolute atomic E-state index is 12.8. The van der Waals surface area contributed by atoms with Gasteiger partial charge in [-0.3, -0.25) is 29.6 Å². The van der Waals surface area contributed by atoms with Gasteiger partial charge in [-0.25, -0.2) is 0 Å². The van der Waals surface area contributed by atoms with Crippen LogP contribution < -0.4 is 10.6 Å². The van der Waals surface area contributed by atoms with Crippen LogP contribution in [0.5, 0.6) is 0 Å². The first-order chi connectivity index (χ1) is 17.7. The molecular weight excluding hydrogens is 540 g/mol. The summed E-state index contributed by atoms with van der Waals surface area (Å²) < 4.78 is 1.68. The zero-order valence-electron chi connectivity index (χ0n) is 19.5. The second kappa shape index (κ2) is 11.5. The van der Waals surface area contributed by atoms with E-state index in [0.717, 1.165) is 16.8 Å². The van der Waals surface area contributed by atoms with E-state index < -0.39 is 10.8 Å². The molecule has 4 aromatic rings. The Morgan fingerprint density at radius 2 is 1.92 bits per heavy atom. The Labute approximate surface area is 223 Å². The van der Waals surface area contributed by atoms with E-state index in [9.17, 15) is 19.7 Å². The van der Waals surface area contributed by atoms with Crippen molar-refractivity contribution in [1.82, 2.24) is 30.3 Å². The number of carbonyl (C=O) groups is 2. The number of nitrogens with zero attached hydrogens (tertiary/aromatic N) is 6. The van der Waals surface area contributed by atoms with Crippen LogP contribution in [0.25, 0.3) is 5.69 Å². The van der Waals surface area contributed by atoms with Crippen molar-refractivity contribution in [3.63, 3.8) is 0 Å². The highest BCUT2D eigenvalue weighted by Gasteiger charge is 2.20. The number of hydrogen-bond donors (Lipinski definition) is 2. The van der Waals surface area contributed by atoms with Crippen molar-refractivity contribution in [1.29, 1.82) is 0 Å². The lowest BCUT2D eigenvalue weighted by molar-refractivity contribution is -0.385. The predicted molar refractivity (Wildman–Crippen MR) is 139 cm³/mol. The van der Waals surface area contributed by atoms with E-state index in [1.54, 1.807) is 35.8 Å². The quantitative estimate of drug-likeness (QED) is 0.176. The Hall–Kier alpha value is -3.88. The molecule has 0 fully saturated rings. The minimum Gasteiger partial charge on any atom is -0.345 e. The minimum absolute atomic E-state index is 0.0244. The number of aryl methyl sites for hydroxylation is 1. The normalized spacial score (nSPS) is 10.8. The summed E-state index contributed by atoms with van der Waals surface area (Å²) in [5.74, 6) is -0.391. The van der Waals surface area contributed by atoms with Gasteiger partial charge in [0.05, 0.1) is 22.9 Å². The highest BCUT2D eigenvalue weighted by atomic mass is 35.5. The topological polar surface area (TPSA) is 158 Å². The molecule has 4 rings (SSSR count). The summed E-state index contributed by atoms with van der Waals surface area (Å²) >= 11 is 8.60. The zero-order chi connectivity index (χ0) is 26.5. The standard InChI is InChI=1S/C22H19ClN8O4S2/c1-12-16(7-4-8-17(12)31(34)35)20(33)24-10-18-27-29-22(30(18)15-6-3-5-14(23)9-15)36-11-19(32)25-21-28-26-13(2)37-21/h3-9H,10-11H2,1-2H3,(H,24,33)(H,25,28,32). The fourth-order valence-electron chi connectivity index (χ4n) is 3.34. The third kappa shape index (κ3) is 6.28. The first-order valence-corrected chi connectivity index (χ1v) is 12.9. The summed E-state index contributed by atoms with van der Waals surface area (Å²) in [6, 6.07) is 11.3. The van der Waals surface area contributed by atoms with Crippen LogP contribution in [-0.4, -0.2) is 47.5 Å². The Morgan fingerprint density at radius 3 is 2.62 bits per heavy atom. The van der Waals surface area contributed by atoms with Crippen molar-refractivity contribution in [2.24, 2.45) is 0 Å². The van der Waals surface area contributed by atoms with Crippen LogP contribution in [0.15, 0.2) is 47.6 Å². The first kappa shape index (κ1) is 26.2. The van der Waals surface area contributed by atoms with Crippen molar-refractivity contribution in [2.75, 3.05) is 11.1 Å². The number of carbonyl (C=O) groups excluding carboxylic acids is 2. The highest BCUT2D eigenvalue weighted by molar-refractivity contribution is 7.99. The number of rotatable bonds is 9. The van der Waals surface area contributed by atoms with Crippen LogP contribution in [-0.2, 0) is 11.3 Å². The molecule has 0 radical (unpaired) electrons. The fourth-order valence-corrected chi connectivity index (χ4v) is 4.90. The molecule has 2 heterocycles. The van der Waals surface area contributed by atoms with E-state index in [2.05, 4.69) is 31.0 Å². The molecule has 2 amide bonds. The van der Waals surface area contributed by atoms with Gasteiger partial charge in [-0.05, 0) is 38.1 Å². The fraction of sp³-hybridized carbons (Fsp3) is 0.182. The Balaban J connectivity index is 1.53. The number of thioether (sulfide) groups is 1. The van der Waals surface area contributed by atoms with Crippen LogP contribution >= 0.6 is 34.7 Å². The van der Waals surface area contributed by atoms with Crippen molar-refractivity contribution in [2.45, 2.75) is 25.5 Å². The number of nitrogens with one attached hydrogen (secondary N) is 2. The van der Waals surface area contributed by atoms with E-state index in [4.69, 9.17) is 11.6 Å². The van der Waals surface area contributed by atoms with Crippen molar-refractivity contribution in [3.05, 3.63) is 79.6 Å². The van der Waals surface area contributed by atoms with Crippen LogP contribution in [0.4, 0.5) is 10.8 Å². The average molecular weight is 559 g/mol. The number of hydrogen-bond acceptors (Lipinski definition) is 10. The predicted octanol–water partition coefficient (Wildman–Crippen LogP) is 3.96. The maximum atomic E-state index is 12.8. The molecule has 0 spiro atoms. The van der Waals surface area contributed by atoms with E-state index in [-0.39, 0.29) is 35.0 Å². The average Bonchev–Trinajstić information content (AvgIpc) is 3.46. The molecule has 190 valence electrons. The molecule has 2 aromatic carbocycles. The Bertz CT molecular complexity index is 1490. The molecule has 0 saturated carbocycles. The molecule has 0 aliphatic rings. The molecule has 0 unspecified atom stereocenters. The minimum atomic E-state index is -0.534.